The molecule has 2 N–H and O–H groups in total. The lowest BCUT2D eigenvalue weighted by Crippen LogP contribution is -2.24. The van der Waals surface area contributed by atoms with Crippen molar-refractivity contribution in [3.8, 4) is 5.75 Å². The third-order valence-electron chi connectivity index (χ3n) is 3.04. The number of rotatable bonds is 7. The minimum absolute atomic E-state index is 0.333. The van der Waals surface area contributed by atoms with Crippen molar-refractivity contribution in [3.63, 3.8) is 0 Å². The highest BCUT2D eigenvalue weighted by molar-refractivity contribution is 6.30. The van der Waals surface area contributed by atoms with Gasteiger partial charge in [0.25, 0.3) is 0 Å². The van der Waals surface area contributed by atoms with Crippen molar-refractivity contribution in [1.29, 1.82) is 0 Å². The second kappa shape index (κ2) is 9.44. The number of carbonyl (C=O) groups is 2. The number of ether oxygens (including phenoxy) is 1. The fourth-order valence-corrected chi connectivity index (χ4v) is 2.17. The van der Waals surface area contributed by atoms with Crippen LogP contribution in [0.1, 0.15) is 18.9 Å². The third kappa shape index (κ3) is 6.27. The molecule has 0 heterocycles. The van der Waals surface area contributed by atoms with E-state index in [-0.39, 0.29) is 6.42 Å². The summed E-state index contributed by atoms with van der Waals surface area (Å²) in [4.78, 5) is 23.5. The fourth-order valence-electron chi connectivity index (χ4n) is 1.99. The Morgan fingerprint density at radius 2 is 1.92 bits per heavy atom. The van der Waals surface area contributed by atoms with Gasteiger partial charge in [-0.05, 0) is 37.3 Å². The van der Waals surface area contributed by atoms with Crippen molar-refractivity contribution >= 4 is 35.3 Å². The molecule has 0 bridgehead atoms. The van der Waals surface area contributed by atoms with Gasteiger partial charge in [-0.1, -0.05) is 29.8 Å². The van der Waals surface area contributed by atoms with Gasteiger partial charge in [-0.2, -0.15) is 5.10 Å². The van der Waals surface area contributed by atoms with Crippen LogP contribution >= 0.6 is 11.6 Å². The summed E-state index contributed by atoms with van der Waals surface area (Å²) in [5.41, 5.74) is 3.56. The number of nitrogens with one attached hydrogen (secondary N) is 2. The number of hydrazone groups is 1. The minimum atomic E-state index is -0.523. The summed E-state index contributed by atoms with van der Waals surface area (Å²) in [7, 11) is 0. The third-order valence-corrected chi connectivity index (χ3v) is 3.28. The molecule has 0 spiro atoms. The quantitative estimate of drug-likeness (QED) is 0.452. The molecule has 0 saturated heterocycles. The molecule has 0 aliphatic rings. The van der Waals surface area contributed by atoms with Crippen LogP contribution in [0.25, 0.3) is 0 Å². The average molecular weight is 360 g/mol. The molecule has 0 aliphatic carbocycles. The Hall–Kier alpha value is -2.86. The highest BCUT2D eigenvalue weighted by Gasteiger charge is 2.09. The number of benzene rings is 2. The van der Waals surface area contributed by atoms with Crippen molar-refractivity contribution in [1.82, 2.24) is 5.43 Å². The van der Waals surface area contributed by atoms with Gasteiger partial charge in [0.05, 0.1) is 12.8 Å². The highest BCUT2D eigenvalue weighted by atomic mass is 35.5. The molecule has 0 fully saturated rings. The Kier molecular flexibility index (Phi) is 6.98. The summed E-state index contributed by atoms with van der Waals surface area (Å²) >= 11 is 5.95. The van der Waals surface area contributed by atoms with Crippen molar-refractivity contribution in [2.75, 3.05) is 11.9 Å². The van der Waals surface area contributed by atoms with Gasteiger partial charge in [0.1, 0.15) is 12.2 Å². The second-order valence-electron chi connectivity index (χ2n) is 5.00. The molecule has 0 radical (unpaired) electrons. The predicted octanol–water partition coefficient (Wildman–Crippen LogP) is 3.22. The molecule has 130 valence electrons. The van der Waals surface area contributed by atoms with Crippen LogP contribution in [0.4, 0.5) is 5.69 Å². The number of hydrogen-bond donors (Lipinski definition) is 2. The molecule has 25 heavy (non-hydrogen) atoms. The van der Waals surface area contributed by atoms with E-state index in [9.17, 15) is 9.59 Å². The van der Waals surface area contributed by atoms with Gasteiger partial charge in [-0.3, -0.25) is 9.59 Å². The van der Waals surface area contributed by atoms with E-state index in [4.69, 9.17) is 16.3 Å². The number of anilines is 1. The van der Waals surface area contributed by atoms with Crippen LogP contribution in [0.5, 0.6) is 5.75 Å². The normalized spacial score (nSPS) is 10.5. The molecular weight excluding hydrogens is 342 g/mol. The lowest BCUT2D eigenvalue weighted by molar-refractivity contribution is -0.126. The molecule has 2 amide bonds. The predicted molar refractivity (Wildman–Crippen MR) is 98.0 cm³/mol. The first-order chi connectivity index (χ1) is 12.1. The zero-order valence-electron chi connectivity index (χ0n) is 13.7. The Labute approximate surface area is 150 Å². The number of amides is 2. The zero-order chi connectivity index (χ0) is 18.1. The van der Waals surface area contributed by atoms with Gasteiger partial charge >= 0.3 is 0 Å². The summed E-state index contributed by atoms with van der Waals surface area (Å²) in [6.45, 7) is 2.36. The van der Waals surface area contributed by atoms with Crippen molar-refractivity contribution in [2.45, 2.75) is 13.3 Å². The van der Waals surface area contributed by atoms with Crippen LogP contribution < -0.4 is 15.5 Å². The van der Waals surface area contributed by atoms with E-state index in [0.29, 0.717) is 28.6 Å². The van der Waals surface area contributed by atoms with Crippen LogP contribution in [-0.4, -0.2) is 24.6 Å². The van der Waals surface area contributed by atoms with Crippen LogP contribution in [0, 0.1) is 0 Å². The number of halogens is 1. The molecule has 0 aromatic heterocycles. The number of carbonyl (C=O) groups excluding carboxylic acids is 2. The fraction of sp³-hybridized carbons (Fsp3) is 0.167. The van der Waals surface area contributed by atoms with E-state index >= 15 is 0 Å². The molecule has 6 nitrogen and oxygen atoms in total. The number of nitrogens with zero attached hydrogens (tertiary/aromatic N) is 1. The summed E-state index contributed by atoms with van der Waals surface area (Å²) in [6.07, 6.45) is 1.09. The Morgan fingerprint density at radius 1 is 1.16 bits per heavy atom. The first-order valence-electron chi connectivity index (χ1n) is 7.67. The van der Waals surface area contributed by atoms with E-state index in [0.717, 1.165) is 0 Å². The van der Waals surface area contributed by atoms with Gasteiger partial charge in [0.15, 0.2) is 0 Å². The summed E-state index contributed by atoms with van der Waals surface area (Å²) in [6, 6.07) is 14.0. The first kappa shape index (κ1) is 18.5. The van der Waals surface area contributed by atoms with E-state index in [1.165, 1.54) is 6.21 Å². The highest BCUT2D eigenvalue weighted by Crippen LogP contribution is 2.21. The Balaban J connectivity index is 1.88. The lowest BCUT2D eigenvalue weighted by Gasteiger charge is -2.07. The van der Waals surface area contributed by atoms with Crippen molar-refractivity contribution in [3.05, 3.63) is 59.1 Å². The number of para-hydroxylation sites is 1. The standard InChI is InChI=1S/C18H18ClN3O3/c1-2-25-16-9-8-14(19)10-13(16)12-20-22-18(24)11-17(23)21-15-6-4-3-5-7-15/h3-10,12H,2,11H2,1H3,(H,21,23)(H,22,24). The maximum atomic E-state index is 11.8. The van der Waals surface area contributed by atoms with Gasteiger partial charge < -0.3 is 10.1 Å². The van der Waals surface area contributed by atoms with Crippen LogP contribution in [0.3, 0.4) is 0 Å². The van der Waals surface area contributed by atoms with E-state index in [1.54, 1.807) is 42.5 Å². The summed E-state index contributed by atoms with van der Waals surface area (Å²) in [5, 5.41) is 6.99. The van der Waals surface area contributed by atoms with E-state index in [1.807, 2.05) is 13.0 Å². The molecule has 0 saturated carbocycles. The topological polar surface area (TPSA) is 79.8 Å². The Bertz CT molecular complexity index is 763. The van der Waals surface area contributed by atoms with Gasteiger partial charge in [-0.25, -0.2) is 5.43 Å². The molecule has 7 heteroatoms. The van der Waals surface area contributed by atoms with Crippen molar-refractivity contribution < 1.29 is 14.3 Å². The molecule has 0 atom stereocenters. The molecule has 2 rings (SSSR count). The molecule has 2 aromatic rings. The minimum Gasteiger partial charge on any atom is -0.493 e. The largest absolute Gasteiger partial charge is 0.493 e. The van der Waals surface area contributed by atoms with Crippen molar-refractivity contribution in [2.24, 2.45) is 5.10 Å². The molecular formula is C18H18ClN3O3. The van der Waals surface area contributed by atoms with E-state index in [2.05, 4.69) is 15.8 Å². The molecule has 0 unspecified atom stereocenters. The van der Waals surface area contributed by atoms with Crippen LogP contribution in [0.2, 0.25) is 5.02 Å². The average Bonchev–Trinajstić information content (AvgIpc) is 2.58. The molecule has 2 aromatic carbocycles. The SMILES string of the molecule is CCOc1ccc(Cl)cc1C=NNC(=O)CC(=O)Nc1ccccc1. The maximum Gasteiger partial charge on any atom is 0.249 e. The zero-order valence-corrected chi connectivity index (χ0v) is 14.4. The second-order valence-corrected chi connectivity index (χ2v) is 5.44. The molecule has 0 aliphatic heterocycles. The monoisotopic (exact) mass is 359 g/mol. The van der Waals surface area contributed by atoms with Crippen LogP contribution in [0.15, 0.2) is 53.6 Å². The lowest BCUT2D eigenvalue weighted by atomic mass is 10.2. The van der Waals surface area contributed by atoms with Gasteiger partial charge in [-0.15, -0.1) is 0 Å². The Morgan fingerprint density at radius 3 is 2.64 bits per heavy atom. The smallest absolute Gasteiger partial charge is 0.249 e. The summed E-state index contributed by atoms with van der Waals surface area (Å²) in [5.74, 6) is -0.340. The maximum absolute atomic E-state index is 11.8. The van der Waals surface area contributed by atoms with Gasteiger partial charge in [0.2, 0.25) is 11.8 Å². The summed E-state index contributed by atoms with van der Waals surface area (Å²) < 4.78 is 5.45. The first-order valence-corrected chi connectivity index (χ1v) is 8.05. The van der Waals surface area contributed by atoms with Gasteiger partial charge in [0, 0.05) is 16.3 Å². The number of hydrogen-bond acceptors (Lipinski definition) is 4. The van der Waals surface area contributed by atoms with E-state index < -0.39 is 11.8 Å². The van der Waals surface area contributed by atoms with Crippen LogP contribution in [-0.2, 0) is 9.59 Å².